The summed E-state index contributed by atoms with van der Waals surface area (Å²) in [4.78, 5) is 0.421. The number of hydrogen-bond acceptors (Lipinski definition) is 2. The number of rotatable bonds is 10. The molecule has 3 heteroatoms. The quantitative estimate of drug-likeness (QED) is 0.440. The molecule has 0 amide bonds. The Morgan fingerprint density at radius 1 is 0.889 bits per heavy atom. The first-order valence-electron chi connectivity index (χ1n) is 9.72. The van der Waals surface area contributed by atoms with Crippen LogP contribution in [0.4, 0.5) is 0 Å². The summed E-state index contributed by atoms with van der Waals surface area (Å²) in [6.07, 6.45) is 9.92. The van der Waals surface area contributed by atoms with Gasteiger partial charge in [-0.3, -0.25) is 0 Å². The molecule has 0 saturated heterocycles. The normalized spacial score (nSPS) is 13.0. The third-order valence-corrected chi connectivity index (χ3v) is 6.78. The molecule has 27 heavy (non-hydrogen) atoms. The fourth-order valence-electron chi connectivity index (χ4n) is 3.03. The Kier molecular flexibility index (Phi) is 8.05. The van der Waals surface area contributed by atoms with Gasteiger partial charge in [0, 0.05) is 0 Å². The van der Waals surface area contributed by atoms with Crippen molar-refractivity contribution in [3.63, 3.8) is 0 Å². The molecule has 0 radical (unpaired) electrons. The van der Waals surface area contributed by atoms with Crippen LogP contribution < -0.4 is 0 Å². The van der Waals surface area contributed by atoms with E-state index in [-0.39, 0.29) is 11.7 Å². The summed E-state index contributed by atoms with van der Waals surface area (Å²) in [5, 5.41) is 0. The van der Waals surface area contributed by atoms with E-state index in [4.69, 9.17) is 0 Å². The smallest absolute Gasteiger partial charge is 0.178 e. The first kappa shape index (κ1) is 21.2. The minimum atomic E-state index is -3.23. The molecule has 0 aromatic heterocycles. The van der Waals surface area contributed by atoms with Gasteiger partial charge in [0.1, 0.15) is 0 Å². The lowest BCUT2D eigenvalue weighted by molar-refractivity contribution is 0.483. The van der Waals surface area contributed by atoms with Crippen molar-refractivity contribution < 1.29 is 8.42 Å². The van der Waals surface area contributed by atoms with Gasteiger partial charge in [0.15, 0.2) is 9.84 Å². The lowest BCUT2D eigenvalue weighted by atomic mass is 10.0. The van der Waals surface area contributed by atoms with Gasteiger partial charge >= 0.3 is 0 Å². The minimum absolute atomic E-state index is 0.244. The predicted octanol–water partition coefficient (Wildman–Crippen LogP) is 6.49. The molecule has 0 N–H and O–H groups in total. The molecular formula is C24H30O2S. The fourth-order valence-corrected chi connectivity index (χ4v) is 4.79. The van der Waals surface area contributed by atoms with E-state index in [9.17, 15) is 8.42 Å². The Hall–Kier alpha value is -2.13. The van der Waals surface area contributed by atoms with Crippen molar-refractivity contribution >= 4 is 28.1 Å². The van der Waals surface area contributed by atoms with Gasteiger partial charge < -0.3 is 0 Å². The Bertz CT molecular complexity index is 844. The first-order valence-corrected chi connectivity index (χ1v) is 11.4. The van der Waals surface area contributed by atoms with Gasteiger partial charge in [-0.2, -0.15) is 0 Å². The molecule has 0 aliphatic carbocycles. The second-order valence-corrected chi connectivity index (χ2v) is 9.01. The molecule has 0 spiro atoms. The maximum atomic E-state index is 12.7. The van der Waals surface area contributed by atoms with Crippen molar-refractivity contribution in [1.29, 1.82) is 0 Å². The van der Waals surface area contributed by atoms with E-state index < -0.39 is 9.84 Å². The molecule has 2 aromatic rings. The molecule has 0 aliphatic rings. The Morgan fingerprint density at radius 2 is 1.41 bits per heavy atom. The maximum absolute atomic E-state index is 12.7. The highest BCUT2D eigenvalue weighted by Crippen LogP contribution is 2.21. The lowest BCUT2D eigenvalue weighted by Gasteiger charge is -2.14. The fraction of sp³-hybridized carbons (Fsp3) is 0.333. The molecular weight excluding hydrogens is 352 g/mol. The van der Waals surface area contributed by atoms with Crippen molar-refractivity contribution in [2.75, 3.05) is 5.75 Å². The van der Waals surface area contributed by atoms with Gasteiger partial charge in [0.2, 0.25) is 0 Å². The van der Waals surface area contributed by atoms with Gasteiger partial charge in [-0.1, -0.05) is 94.3 Å². The van der Waals surface area contributed by atoms with Crippen LogP contribution >= 0.6 is 0 Å². The van der Waals surface area contributed by atoms with Crippen molar-refractivity contribution in [2.45, 2.75) is 44.4 Å². The molecule has 0 heterocycles. The lowest BCUT2D eigenvalue weighted by Crippen LogP contribution is -2.16. The van der Waals surface area contributed by atoms with Crippen LogP contribution in [0.3, 0.4) is 0 Å². The summed E-state index contributed by atoms with van der Waals surface area (Å²) in [6, 6.07) is 15.3. The molecule has 1 atom stereocenters. The van der Waals surface area contributed by atoms with Gasteiger partial charge in [-0.15, -0.1) is 0 Å². The molecule has 0 saturated carbocycles. The van der Waals surface area contributed by atoms with Crippen molar-refractivity contribution in [3.05, 3.63) is 71.8 Å². The zero-order valence-corrected chi connectivity index (χ0v) is 17.2. The minimum Gasteiger partial charge on any atom is -0.224 e. The van der Waals surface area contributed by atoms with Crippen LogP contribution in [0.1, 0.15) is 56.2 Å². The van der Waals surface area contributed by atoms with E-state index in [2.05, 4.69) is 20.4 Å². The van der Waals surface area contributed by atoms with Crippen LogP contribution in [0, 0.1) is 5.92 Å². The average Bonchev–Trinajstić information content (AvgIpc) is 2.70. The molecule has 2 aromatic carbocycles. The summed E-state index contributed by atoms with van der Waals surface area (Å²) in [6.45, 7) is 7.97. The highest BCUT2D eigenvalue weighted by atomic mass is 32.2. The van der Waals surface area contributed by atoms with Crippen LogP contribution in [0.2, 0.25) is 0 Å². The highest BCUT2D eigenvalue weighted by molar-refractivity contribution is 7.91. The van der Waals surface area contributed by atoms with Gasteiger partial charge in [0.25, 0.3) is 0 Å². The van der Waals surface area contributed by atoms with E-state index in [1.807, 2.05) is 54.6 Å². The van der Waals surface area contributed by atoms with E-state index in [1.54, 1.807) is 12.1 Å². The van der Waals surface area contributed by atoms with Crippen molar-refractivity contribution in [2.24, 2.45) is 5.92 Å². The van der Waals surface area contributed by atoms with E-state index in [1.165, 1.54) is 0 Å². The molecule has 0 fully saturated rings. The monoisotopic (exact) mass is 382 g/mol. The standard InChI is InChI=1S/C24H30O2S/c1-4-7-8-21(6-3)19-27(25,26)24-17-15-23(16-18-24)14-13-22-11-9-20(5-2)10-12-22/h5,9-18,21H,2,4,6-8,19H2,1,3H3. The summed E-state index contributed by atoms with van der Waals surface area (Å²) >= 11 is 0. The van der Waals surface area contributed by atoms with Gasteiger partial charge in [0.05, 0.1) is 10.6 Å². The number of benzene rings is 2. The molecule has 144 valence electrons. The van der Waals surface area contributed by atoms with E-state index in [0.717, 1.165) is 42.4 Å². The molecule has 0 bridgehead atoms. The van der Waals surface area contributed by atoms with E-state index >= 15 is 0 Å². The van der Waals surface area contributed by atoms with Crippen LogP contribution in [0.15, 0.2) is 60.0 Å². The third kappa shape index (κ3) is 6.51. The maximum Gasteiger partial charge on any atom is 0.178 e. The van der Waals surface area contributed by atoms with Crippen LogP contribution in [-0.4, -0.2) is 14.2 Å². The number of unbranched alkanes of at least 4 members (excludes halogenated alkanes) is 1. The summed E-state index contributed by atoms with van der Waals surface area (Å²) in [5.74, 6) is 0.488. The number of hydrogen-bond donors (Lipinski definition) is 0. The molecule has 0 aliphatic heterocycles. The largest absolute Gasteiger partial charge is 0.224 e. The summed E-state index contributed by atoms with van der Waals surface area (Å²) < 4.78 is 25.4. The second kappa shape index (κ2) is 10.3. The SMILES string of the molecule is C=Cc1ccc(C=Cc2ccc(S(=O)(=O)CC(CC)CCCC)cc2)cc1. The molecule has 2 nitrogen and oxygen atoms in total. The van der Waals surface area contributed by atoms with Gasteiger partial charge in [-0.05, 0) is 41.2 Å². The van der Waals surface area contributed by atoms with Crippen LogP contribution in [0.5, 0.6) is 0 Å². The second-order valence-electron chi connectivity index (χ2n) is 6.97. The third-order valence-electron chi connectivity index (χ3n) is 4.88. The van der Waals surface area contributed by atoms with E-state index in [0.29, 0.717) is 4.90 Å². The molecule has 1 unspecified atom stereocenters. The topological polar surface area (TPSA) is 34.1 Å². The van der Waals surface area contributed by atoms with Crippen molar-refractivity contribution in [3.8, 4) is 0 Å². The predicted molar refractivity (Wildman–Crippen MR) is 117 cm³/mol. The van der Waals surface area contributed by atoms with Crippen molar-refractivity contribution in [1.82, 2.24) is 0 Å². The zero-order valence-electron chi connectivity index (χ0n) is 16.4. The summed E-state index contributed by atoms with van der Waals surface area (Å²) in [5.41, 5.74) is 3.17. The first-order chi connectivity index (χ1) is 13.0. The van der Waals surface area contributed by atoms with Gasteiger partial charge in [-0.25, -0.2) is 8.42 Å². The Labute approximate surface area is 164 Å². The zero-order chi connectivity index (χ0) is 19.7. The summed E-state index contributed by atoms with van der Waals surface area (Å²) in [7, 11) is -3.23. The number of sulfone groups is 1. The average molecular weight is 383 g/mol. The molecule has 2 rings (SSSR count). The van der Waals surface area contributed by atoms with Crippen LogP contribution in [-0.2, 0) is 9.84 Å². The van der Waals surface area contributed by atoms with Crippen LogP contribution in [0.25, 0.3) is 18.2 Å². The Morgan fingerprint density at radius 3 is 1.89 bits per heavy atom. The Balaban J connectivity index is 2.06. The highest BCUT2D eigenvalue weighted by Gasteiger charge is 2.19.